The lowest BCUT2D eigenvalue weighted by Gasteiger charge is -2.24. The summed E-state index contributed by atoms with van der Waals surface area (Å²) in [6, 6.07) is 6.83. The Balaban J connectivity index is 1.90. The van der Waals surface area contributed by atoms with E-state index in [9.17, 15) is 4.39 Å². The second kappa shape index (κ2) is 4.36. The standard InChI is InChI=1S/C14H13FN4S/c1-8-17-14-19(18-8)11-6-7-16-12(13(11)20-14)9-4-2-3-5-10(9)15/h2-5,12,16H,6-7H2,1H3. The minimum absolute atomic E-state index is 0.103. The maximum absolute atomic E-state index is 14.0. The van der Waals surface area contributed by atoms with Gasteiger partial charge in [-0.2, -0.15) is 5.10 Å². The number of hydrogen-bond donors (Lipinski definition) is 1. The summed E-state index contributed by atoms with van der Waals surface area (Å²) in [6.45, 7) is 2.71. The average Bonchev–Trinajstić information content (AvgIpc) is 2.95. The van der Waals surface area contributed by atoms with Crippen LogP contribution in [0.2, 0.25) is 0 Å². The van der Waals surface area contributed by atoms with Gasteiger partial charge in [-0.25, -0.2) is 13.9 Å². The van der Waals surface area contributed by atoms with Gasteiger partial charge in [0.05, 0.1) is 16.6 Å². The number of fused-ring (bicyclic) bond motifs is 3. The SMILES string of the molecule is Cc1nc2sc3c(n2n1)CCNC3c1ccccc1F. The lowest BCUT2D eigenvalue weighted by Crippen LogP contribution is -2.30. The lowest BCUT2D eigenvalue weighted by atomic mass is 9.99. The van der Waals surface area contributed by atoms with Crippen LogP contribution < -0.4 is 5.32 Å². The summed E-state index contributed by atoms with van der Waals surface area (Å²) in [5, 5.41) is 7.83. The molecule has 0 amide bonds. The summed E-state index contributed by atoms with van der Waals surface area (Å²) in [5.41, 5.74) is 1.84. The van der Waals surface area contributed by atoms with E-state index in [1.807, 2.05) is 23.6 Å². The normalized spacial score (nSPS) is 18.4. The van der Waals surface area contributed by atoms with Crippen molar-refractivity contribution in [3.63, 3.8) is 0 Å². The predicted molar refractivity (Wildman–Crippen MR) is 75.6 cm³/mol. The number of benzene rings is 1. The van der Waals surface area contributed by atoms with Crippen LogP contribution in [0.4, 0.5) is 4.39 Å². The molecule has 0 saturated carbocycles. The van der Waals surface area contributed by atoms with Gasteiger partial charge in [-0.1, -0.05) is 29.5 Å². The van der Waals surface area contributed by atoms with Gasteiger partial charge in [0, 0.05) is 18.5 Å². The molecule has 1 unspecified atom stereocenters. The summed E-state index contributed by atoms with van der Waals surface area (Å²) in [4.78, 5) is 6.43. The molecule has 0 bridgehead atoms. The molecule has 1 aliphatic heterocycles. The number of aromatic nitrogens is 3. The van der Waals surface area contributed by atoms with E-state index in [1.165, 1.54) is 6.07 Å². The van der Waals surface area contributed by atoms with Crippen LogP contribution in [0, 0.1) is 12.7 Å². The van der Waals surface area contributed by atoms with Crippen molar-refractivity contribution >= 4 is 16.3 Å². The van der Waals surface area contributed by atoms with Gasteiger partial charge in [0.1, 0.15) is 11.6 Å². The molecule has 4 rings (SSSR count). The monoisotopic (exact) mass is 288 g/mol. The van der Waals surface area contributed by atoms with Crippen LogP contribution in [-0.4, -0.2) is 21.1 Å². The van der Waals surface area contributed by atoms with Gasteiger partial charge in [0.25, 0.3) is 0 Å². The molecule has 20 heavy (non-hydrogen) atoms. The first-order valence-corrected chi connectivity index (χ1v) is 7.38. The quantitative estimate of drug-likeness (QED) is 0.748. The highest BCUT2D eigenvalue weighted by molar-refractivity contribution is 7.17. The molecule has 0 fully saturated rings. The topological polar surface area (TPSA) is 42.2 Å². The molecular formula is C14H13FN4S. The van der Waals surface area contributed by atoms with E-state index in [0.29, 0.717) is 5.56 Å². The Morgan fingerprint density at radius 1 is 1.40 bits per heavy atom. The van der Waals surface area contributed by atoms with Gasteiger partial charge < -0.3 is 5.32 Å². The van der Waals surface area contributed by atoms with Gasteiger partial charge in [0.15, 0.2) is 0 Å². The van der Waals surface area contributed by atoms with E-state index in [1.54, 1.807) is 17.4 Å². The van der Waals surface area contributed by atoms with Crippen molar-refractivity contribution in [1.29, 1.82) is 0 Å². The third kappa shape index (κ3) is 1.68. The third-order valence-corrected chi connectivity index (χ3v) is 4.75. The second-order valence-electron chi connectivity index (χ2n) is 4.93. The van der Waals surface area contributed by atoms with Crippen LogP contribution in [0.25, 0.3) is 4.96 Å². The molecule has 1 N–H and O–H groups in total. The molecule has 3 heterocycles. The maximum Gasteiger partial charge on any atom is 0.212 e. The maximum atomic E-state index is 14.0. The first-order valence-electron chi connectivity index (χ1n) is 6.57. The van der Waals surface area contributed by atoms with Crippen molar-refractivity contribution in [2.24, 2.45) is 0 Å². The van der Waals surface area contributed by atoms with E-state index < -0.39 is 0 Å². The number of nitrogens with zero attached hydrogens (tertiary/aromatic N) is 3. The Kier molecular flexibility index (Phi) is 2.61. The zero-order chi connectivity index (χ0) is 13.7. The van der Waals surface area contributed by atoms with E-state index in [-0.39, 0.29) is 11.9 Å². The zero-order valence-corrected chi connectivity index (χ0v) is 11.7. The first kappa shape index (κ1) is 12.0. The van der Waals surface area contributed by atoms with Gasteiger partial charge in [-0.05, 0) is 13.0 Å². The van der Waals surface area contributed by atoms with Crippen LogP contribution in [-0.2, 0) is 6.42 Å². The van der Waals surface area contributed by atoms with Crippen molar-refractivity contribution in [3.8, 4) is 0 Å². The van der Waals surface area contributed by atoms with Crippen LogP contribution in [0.15, 0.2) is 24.3 Å². The van der Waals surface area contributed by atoms with Gasteiger partial charge in [0.2, 0.25) is 4.96 Å². The summed E-state index contributed by atoms with van der Waals surface area (Å²) in [7, 11) is 0. The Bertz CT molecular complexity index is 792. The molecule has 0 radical (unpaired) electrons. The van der Waals surface area contributed by atoms with Crippen LogP contribution in [0.5, 0.6) is 0 Å². The van der Waals surface area contributed by atoms with E-state index in [4.69, 9.17) is 0 Å². The second-order valence-corrected chi connectivity index (χ2v) is 5.93. The van der Waals surface area contributed by atoms with Crippen LogP contribution in [0.1, 0.15) is 28.0 Å². The predicted octanol–water partition coefficient (Wildman–Crippen LogP) is 2.47. The van der Waals surface area contributed by atoms with E-state index >= 15 is 0 Å². The Morgan fingerprint density at radius 3 is 3.10 bits per heavy atom. The number of rotatable bonds is 1. The largest absolute Gasteiger partial charge is 0.305 e. The molecule has 0 aliphatic carbocycles. The van der Waals surface area contributed by atoms with Crippen LogP contribution in [0.3, 0.4) is 0 Å². The van der Waals surface area contributed by atoms with Gasteiger partial charge in [-0.3, -0.25) is 0 Å². The fraction of sp³-hybridized carbons (Fsp3) is 0.286. The Hall–Kier alpha value is -1.79. The molecule has 3 aromatic rings. The minimum Gasteiger partial charge on any atom is -0.305 e. The molecule has 6 heteroatoms. The molecule has 0 saturated heterocycles. The number of halogens is 1. The molecule has 0 spiro atoms. The third-order valence-electron chi connectivity index (χ3n) is 3.61. The molecule has 1 aromatic carbocycles. The molecular weight excluding hydrogens is 275 g/mol. The molecule has 2 aromatic heterocycles. The number of hydrogen-bond acceptors (Lipinski definition) is 4. The zero-order valence-electron chi connectivity index (χ0n) is 10.9. The lowest BCUT2D eigenvalue weighted by molar-refractivity contribution is 0.526. The first-order chi connectivity index (χ1) is 9.74. The smallest absolute Gasteiger partial charge is 0.212 e. The Morgan fingerprint density at radius 2 is 2.25 bits per heavy atom. The molecule has 1 aliphatic rings. The summed E-state index contributed by atoms with van der Waals surface area (Å²) in [5.74, 6) is 0.605. The van der Waals surface area contributed by atoms with Crippen molar-refractivity contribution in [3.05, 3.63) is 52.0 Å². The summed E-state index contributed by atoms with van der Waals surface area (Å²) < 4.78 is 15.9. The minimum atomic E-state index is -0.173. The molecule has 1 atom stereocenters. The summed E-state index contributed by atoms with van der Waals surface area (Å²) in [6.07, 6.45) is 0.892. The van der Waals surface area contributed by atoms with Crippen molar-refractivity contribution in [2.75, 3.05) is 6.54 Å². The van der Waals surface area contributed by atoms with Crippen molar-refractivity contribution in [2.45, 2.75) is 19.4 Å². The highest BCUT2D eigenvalue weighted by atomic mass is 32.1. The number of nitrogens with one attached hydrogen (secondary N) is 1. The average molecular weight is 288 g/mol. The van der Waals surface area contributed by atoms with Crippen molar-refractivity contribution < 1.29 is 4.39 Å². The van der Waals surface area contributed by atoms with E-state index in [0.717, 1.165) is 34.3 Å². The number of aryl methyl sites for hydroxylation is 1. The number of thiazole rings is 1. The Labute approximate surface area is 119 Å². The fourth-order valence-corrected chi connectivity index (χ4v) is 3.99. The van der Waals surface area contributed by atoms with E-state index in [2.05, 4.69) is 15.4 Å². The van der Waals surface area contributed by atoms with Crippen molar-refractivity contribution in [1.82, 2.24) is 19.9 Å². The highest BCUT2D eigenvalue weighted by Crippen LogP contribution is 2.35. The fourth-order valence-electron chi connectivity index (χ4n) is 2.74. The highest BCUT2D eigenvalue weighted by Gasteiger charge is 2.28. The van der Waals surface area contributed by atoms with Gasteiger partial charge in [-0.15, -0.1) is 0 Å². The van der Waals surface area contributed by atoms with Gasteiger partial charge >= 0.3 is 0 Å². The molecule has 102 valence electrons. The summed E-state index contributed by atoms with van der Waals surface area (Å²) >= 11 is 1.59. The van der Waals surface area contributed by atoms with Crippen LogP contribution >= 0.6 is 11.3 Å². The molecule has 4 nitrogen and oxygen atoms in total.